The highest BCUT2D eigenvalue weighted by molar-refractivity contribution is 7.09. The van der Waals surface area contributed by atoms with Crippen molar-refractivity contribution < 1.29 is 0 Å². The lowest BCUT2D eigenvalue weighted by Crippen LogP contribution is -2.12. The summed E-state index contributed by atoms with van der Waals surface area (Å²) in [7, 11) is 0. The summed E-state index contributed by atoms with van der Waals surface area (Å²) < 4.78 is 0. The van der Waals surface area contributed by atoms with Crippen molar-refractivity contribution in [1.29, 1.82) is 0 Å². The maximum absolute atomic E-state index is 4.45. The number of aryl methyl sites for hydroxylation is 1. The molecule has 2 nitrogen and oxygen atoms in total. The SMILES string of the molecule is Cc1csc(C2CCCN2)n1.Cl.Cl. The predicted molar refractivity (Wildman–Crippen MR) is 61.3 cm³/mol. The van der Waals surface area contributed by atoms with E-state index in [4.69, 9.17) is 0 Å². The molecule has 1 atom stereocenters. The van der Waals surface area contributed by atoms with Gasteiger partial charge in [-0.05, 0) is 26.3 Å². The number of hydrogen-bond acceptors (Lipinski definition) is 3. The molecule has 0 aromatic carbocycles. The highest BCUT2D eigenvalue weighted by Crippen LogP contribution is 2.25. The molecule has 5 heteroatoms. The summed E-state index contributed by atoms with van der Waals surface area (Å²) in [6.45, 7) is 3.21. The molecule has 1 aromatic heterocycles. The van der Waals surface area contributed by atoms with Crippen LogP contribution in [0.25, 0.3) is 0 Å². The second-order valence-corrected chi connectivity index (χ2v) is 3.87. The van der Waals surface area contributed by atoms with Gasteiger partial charge in [0.15, 0.2) is 0 Å². The highest BCUT2D eigenvalue weighted by Gasteiger charge is 2.18. The lowest BCUT2D eigenvalue weighted by atomic mass is 10.2. The molecule has 0 bridgehead atoms. The lowest BCUT2D eigenvalue weighted by Gasteiger charge is -2.03. The molecule has 2 rings (SSSR count). The Labute approximate surface area is 95.0 Å². The molecule has 0 saturated carbocycles. The minimum absolute atomic E-state index is 0. The van der Waals surface area contributed by atoms with E-state index in [0.29, 0.717) is 6.04 Å². The number of nitrogens with zero attached hydrogens (tertiary/aromatic N) is 1. The second-order valence-electron chi connectivity index (χ2n) is 2.98. The van der Waals surface area contributed by atoms with Gasteiger partial charge in [0.2, 0.25) is 0 Å². The summed E-state index contributed by atoms with van der Waals surface area (Å²) in [5.74, 6) is 0. The Balaban J connectivity index is 0.000000720. The predicted octanol–water partition coefficient (Wildman–Crippen LogP) is 2.72. The Hall–Kier alpha value is 0.170. The van der Waals surface area contributed by atoms with Gasteiger partial charge in [-0.25, -0.2) is 4.98 Å². The van der Waals surface area contributed by atoms with Crippen molar-refractivity contribution >= 4 is 36.2 Å². The molecule has 76 valence electrons. The minimum Gasteiger partial charge on any atom is -0.308 e. The second kappa shape index (κ2) is 5.81. The van der Waals surface area contributed by atoms with Crippen molar-refractivity contribution in [3.8, 4) is 0 Å². The van der Waals surface area contributed by atoms with Gasteiger partial charge in [0.25, 0.3) is 0 Å². The monoisotopic (exact) mass is 240 g/mol. The molecule has 1 aromatic rings. The van der Waals surface area contributed by atoms with E-state index >= 15 is 0 Å². The average Bonchev–Trinajstić information content (AvgIpc) is 2.55. The van der Waals surface area contributed by atoms with Crippen LogP contribution in [0.15, 0.2) is 5.38 Å². The Morgan fingerprint density at radius 1 is 1.54 bits per heavy atom. The topological polar surface area (TPSA) is 24.9 Å². The van der Waals surface area contributed by atoms with Gasteiger partial charge in [-0.15, -0.1) is 36.2 Å². The van der Waals surface area contributed by atoms with Gasteiger partial charge in [-0.3, -0.25) is 0 Å². The van der Waals surface area contributed by atoms with Crippen LogP contribution in [0, 0.1) is 6.92 Å². The molecular formula is C8H14Cl2N2S. The van der Waals surface area contributed by atoms with Crippen LogP contribution >= 0.6 is 36.2 Å². The van der Waals surface area contributed by atoms with Crippen LogP contribution in [-0.4, -0.2) is 11.5 Å². The number of aromatic nitrogens is 1. The van der Waals surface area contributed by atoms with Gasteiger partial charge >= 0.3 is 0 Å². The zero-order valence-electron chi connectivity index (χ0n) is 7.45. The van der Waals surface area contributed by atoms with E-state index in [9.17, 15) is 0 Å². The fourth-order valence-corrected chi connectivity index (χ4v) is 2.33. The number of rotatable bonds is 1. The molecule has 1 saturated heterocycles. The van der Waals surface area contributed by atoms with Crippen LogP contribution in [0.4, 0.5) is 0 Å². The fourth-order valence-electron chi connectivity index (χ4n) is 1.43. The molecule has 0 amide bonds. The van der Waals surface area contributed by atoms with E-state index in [1.165, 1.54) is 17.8 Å². The van der Waals surface area contributed by atoms with Crippen molar-refractivity contribution in [3.63, 3.8) is 0 Å². The Bertz CT molecular complexity index is 246. The molecule has 1 aliphatic rings. The summed E-state index contributed by atoms with van der Waals surface area (Å²) in [5.41, 5.74) is 1.15. The summed E-state index contributed by atoms with van der Waals surface area (Å²) in [6, 6.07) is 0.550. The van der Waals surface area contributed by atoms with Crippen LogP contribution in [0.2, 0.25) is 0 Å². The summed E-state index contributed by atoms with van der Waals surface area (Å²) in [5, 5.41) is 6.82. The van der Waals surface area contributed by atoms with Gasteiger partial charge in [0, 0.05) is 11.1 Å². The van der Waals surface area contributed by atoms with Crippen molar-refractivity contribution in [2.24, 2.45) is 0 Å². The van der Waals surface area contributed by atoms with Gasteiger partial charge < -0.3 is 5.32 Å². The van der Waals surface area contributed by atoms with E-state index < -0.39 is 0 Å². The molecule has 2 heterocycles. The molecule has 1 aliphatic heterocycles. The van der Waals surface area contributed by atoms with Crippen LogP contribution in [0.1, 0.15) is 29.6 Å². The molecule has 13 heavy (non-hydrogen) atoms. The average molecular weight is 241 g/mol. The standard InChI is InChI=1S/C8H12N2S.2ClH/c1-6-5-11-8(10-6)7-3-2-4-9-7;;/h5,7,9H,2-4H2,1H3;2*1H. The Morgan fingerprint density at radius 3 is 2.77 bits per heavy atom. The molecule has 1 fully saturated rings. The van der Waals surface area contributed by atoms with Crippen molar-refractivity contribution in [1.82, 2.24) is 10.3 Å². The van der Waals surface area contributed by atoms with Crippen molar-refractivity contribution in [3.05, 3.63) is 16.1 Å². The molecule has 1 N–H and O–H groups in total. The van der Waals surface area contributed by atoms with Crippen LogP contribution in [0.3, 0.4) is 0 Å². The zero-order chi connectivity index (χ0) is 7.68. The van der Waals surface area contributed by atoms with Crippen LogP contribution < -0.4 is 5.32 Å². The van der Waals surface area contributed by atoms with Crippen molar-refractivity contribution in [2.45, 2.75) is 25.8 Å². The Morgan fingerprint density at radius 2 is 2.31 bits per heavy atom. The molecule has 0 radical (unpaired) electrons. The van der Waals surface area contributed by atoms with Gasteiger partial charge in [0.05, 0.1) is 6.04 Å². The first-order chi connectivity index (χ1) is 5.36. The first-order valence-corrected chi connectivity index (χ1v) is 4.89. The molecule has 1 unspecified atom stereocenters. The van der Waals surface area contributed by atoms with Crippen LogP contribution in [-0.2, 0) is 0 Å². The first-order valence-electron chi connectivity index (χ1n) is 4.01. The van der Waals surface area contributed by atoms with Gasteiger partial charge in [0.1, 0.15) is 5.01 Å². The van der Waals surface area contributed by atoms with E-state index in [2.05, 4.69) is 22.6 Å². The summed E-state index contributed by atoms with van der Waals surface area (Å²) in [4.78, 5) is 4.45. The maximum atomic E-state index is 4.45. The fraction of sp³-hybridized carbons (Fsp3) is 0.625. The van der Waals surface area contributed by atoms with Gasteiger partial charge in [-0.2, -0.15) is 0 Å². The summed E-state index contributed by atoms with van der Waals surface area (Å²) in [6.07, 6.45) is 2.55. The lowest BCUT2D eigenvalue weighted by molar-refractivity contribution is 0.641. The van der Waals surface area contributed by atoms with E-state index in [1.54, 1.807) is 11.3 Å². The highest BCUT2D eigenvalue weighted by atomic mass is 35.5. The normalized spacial score (nSPS) is 20.5. The zero-order valence-corrected chi connectivity index (χ0v) is 9.90. The van der Waals surface area contributed by atoms with E-state index in [0.717, 1.165) is 12.2 Å². The molecule has 0 spiro atoms. The maximum Gasteiger partial charge on any atom is 0.110 e. The number of nitrogens with one attached hydrogen (secondary N) is 1. The third-order valence-corrected chi connectivity index (χ3v) is 3.07. The van der Waals surface area contributed by atoms with Gasteiger partial charge in [-0.1, -0.05) is 0 Å². The van der Waals surface area contributed by atoms with Crippen LogP contribution in [0.5, 0.6) is 0 Å². The molecular weight excluding hydrogens is 227 g/mol. The number of halogens is 2. The largest absolute Gasteiger partial charge is 0.308 e. The van der Waals surface area contributed by atoms with E-state index in [-0.39, 0.29) is 24.8 Å². The number of thiazole rings is 1. The minimum atomic E-state index is 0. The summed E-state index contributed by atoms with van der Waals surface area (Å²) >= 11 is 1.77. The smallest absolute Gasteiger partial charge is 0.110 e. The third-order valence-electron chi connectivity index (χ3n) is 2.00. The quantitative estimate of drug-likeness (QED) is 0.817. The molecule has 0 aliphatic carbocycles. The Kier molecular flexibility index (Phi) is 5.88. The van der Waals surface area contributed by atoms with Crippen molar-refractivity contribution in [2.75, 3.05) is 6.54 Å². The first kappa shape index (κ1) is 13.2. The third kappa shape index (κ3) is 3.09. The van der Waals surface area contributed by atoms with E-state index in [1.807, 2.05) is 0 Å². The number of hydrogen-bond donors (Lipinski definition) is 1.